The molecular weight excluding hydrogens is 240 g/mol. The molecule has 1 aromatic rings. The summed E-state index contributed by atoms with van der Waals surface area (Å²) in [6, 6.07) is 4.90. The first kappa shape index (κ1) is 13.8. The number of hydrogen-bond acceptors (Lipinski definition) is 3. The van der Waals surface area contributed by atoms with E-state index in [2.05, 4.69) is 5.32 Å². The topological polar surface area (TPSA) is 64.3 Å². The van der Waals surface area contributed by atoms with E-state index in [1.165, 1.54) is 7.11 Å². The van der Waals surface area contributed by atoms with Crippen LogP contribution in [0.3, 0.4) is 0 Å². The minimum atomic E-state index is -0.457. The van der Waals surface area contributed by atoms with Gasteiger partial charge in [-0.05, 0) is 32.0 Å². The van der Waals surface area contributed by atoms with Crippen LogP contribution in [0.4, 0.5) is 0 Å². The van der Waals surface area contributed by atoms with Crippen molar-refractivity contribution < 1.29 is 9.53 Å². The van der Waals surface area contributed by atoms with E-state index < -0.39 is 5.54 Å². The highest BCUT2D eigenvalue weighted by Gasteiger charge is 2.16. The summed E-state index contributed by atoms with van der Waals surface area (Å²) < 4.78 is 5.10. The molecule has 0 fully saturated rings. The molecule has 0 saturated carbocycles. The molecule has 17 heavy (non-hydrogen) atoms. The third kappa shape index (κ3) is 4.24. The highest BCUT2D eigenvalue weighted by Crippen LogP contribution is 2.22. The van der Waals surface area contributed by atoms with E-state index in [0.29, 0.717) is 22.9 Å². The highest BCUT2D eigenvalue weighted by atomic mass is 35.5. The lowest BCUT2D eigenvalue weighted by Gasteiger charge is -2.19. The standard InChI is InChI=1S/C12H17ClN2O2/c1-12(2,14)7-15-11(16)9-6-8(13)4-5-10(9)17-3/h4-6H,7,14H2,1-3H3,(H,15,16). The van der Waals surface area contributed by atoms with Crippen LogP contribution in [0.15, 0.2) is 18.2 Å². The molecule has 0 aliphatic rings. The molecule has 5 heteroatoms. The quantitative estimate of drug-likeness (QED) is 0.864. The van der Waals surface area contributed by atoms with E-state index in [0.717, 1.165) is 0 Å². The zero-order valence-electron chi connectivity index (χ0n) is 10.2. The van der Waals surface area contributed by atoms with Crippen LogP contribution in [0, 0.1) is 0 Å². The molecule has 0 aliphatic carbocycles. The third-order valence-electron chi connectivity index (χ3n) is 2.11. The second-order valence-corrected chi connectivity index (χ2v) is 4.95. The van der Waals surface area contributed by atoms with Crippen molar-refractivity contribution in [2.45, 2.75) is 19.4 Å². The van der Waals surface area contributed by atoms with Crippen LogP contribution >= 0.6 is 11.6 Å². The van der Waals surface area contributed by atoms with Gasteiger partial charge in [0.15, 0.2) is 0 Å². The maximum atomic E-state index is 11.9. The van der Waals surface area contributed by atoms with Crippen molar-refractivity contribution in [2.24, 2.45) is 5.73 Å². The Hall–Kier alpha value is -1.26. The molecule has 0 aliphatic heterocycles. The average Bonchev–Trinajstić information content (AvgIpc) is 2.25. The summed E-state index contributed by atoms with van der Waals surface area (Å²) in [5, 5.41) is 3.23. The van der Waals surface area contributed by atoms with E-state index >= 15 is 0 Å². The van der Waals surface area contributed by atoms with Crippen LogP contribution in [0.5, 0.6) is 5.75 Å². The molecule has 0 spiro atoms. The Morgan fingerprint density at radius 2 is 2.18 bits per heavy atom. The predicted octanol–water partition coefficient (Wildman–Crippen LogP) is 1.82. The highest BCUT2D eigenvalue weighted by molar-refractivity contribution is 6.31. The van der Waals surface area contributed by atoms with E-state index in [-0.39, 0.29) is 5.91 Å². The van der Waals surface area contributed by atoms with Gasteiger partial charge >= 0.3 is 0 Å². The summed E-state index contributed by atoms with van der Waals surface area (Å²) in [6.07, 6.45) is 0. The molecule has 0 bridgehead atoms. The monoisotopic (exact) mass is 256 g/mol. The predicted molar refractivity (Wildman–Crippen MR) is 68.6 cm³/mol. The summed E-state index contributed by atoms with van der Waals surface area (Å²) >= 11 is 5.85. The lowest BCUT2D eigenvalue weighted by atomic mass is 10.1. The van der Waals surface area contributed by atoms with Gasteiger partial charge in [-0.15, -0.1) is 0 Å². The molecule has 0 unspecified atom stereocenters. The zero-order chi connectivity index (χ0) is 13.1. The van der Waals surface area contributed by atoms with Crippen LogP contribution in [0.1, 0.15) is 24.2 Å². The van der Waals surface area contributed by atoms with E-state index in [9.17, 15) is 4.79 Å². The van der Waals surface area contributed by atoms with Crippen molar-refractivity contribution in [3.8, 4) is 5.75 Å². The number of carbonyl (C=O) groups is 1. The zero-order valence-corrected chi connectivity index (χ0v) is 11.0. The fraction of sp³-hybridized carbons (Fsp3) is 0.417. The SMILES string of the molecule is COc1ccc(Cl)cc1C(=O)NCC(C)(C)N. The summed E-state index contributed by atoms with van der Waals surface area (Å²) in [7, 11) is 1.51. The number of ether oxygens (including phenoxy) is 1. The van der Waals surface area contributed by atoms with Gasteiger partial charge in [-0.25, -0.2) is 0 Å². The van der Waals surface area contributed by atoms with Crippen LogP contribution in [-0.2, 0) is 0 Å². The van der Waals surface area contributed by atoms with Crippen molar-refractivity contribution in [2.75, 3.05) is 13.7 Å². The molecule has 1 amide bonds. The number of carbonyl (C=O) groups excluding carboxylic acids is 1. The minimum Gasteiger partial charge on any atom is -0.496 e. The fourth-order valence-corrected chi connectivity index (χ4v) is 1.43. The van der Waals surface area contributed by atoms with Crippen molar-refractivity contribution in [3.63, 3.8) is 0 Å². The van der Waals surface area contributed by atoms with Crippen molar-refractivity contribution in [3.05, 3.63) is 28.8 Å². The largest absolute Gasteiger partial charge is 0.496 e. The van der Waals surface area contributed by atoms with Crippen LogP contribution < -0.4 is 15.8 Å². The Bertz CT molecular complexity index is 413. The Labute approximate surface area is 106 Å². The van der Waals surface area contributed by atoms with Gasteiger partial charge in [0.2, 0.25) is 0 Å². The van der Waals surface area contributed by atoms with Gasteiger partial charge in [-0.2, -0.15) is 0 Å². The molecule has 4 nitrogen and oxygen atoms in total. The number of nitrogens with two attached hydrogens (primary N) is 1. The lowest BCUT2D eigenvalue weighted by Crippen LogP contribution is -2.45. The molecule has 0 saturated heterocycles. The molecule has 3 N–H and O–H groups in total. The number of amides is 1. The first-order valence-corrected chi connectivity index (χ1v) is 5.62. The molecule has 1 aromatic carbocycles. The summed E-state index contributed by atoms with van der Waals surface area (Å²) in [4.78, 5) is 11.9. The van der Waals surface area contributed by atoms with Gasteiger partial charge in [-0.1, -0.05) is 11.6 Å². The maximum Gasteiger partial charge on any atom is 0.255 e. The summed E-state index contributed by atoms with van der Waals surface area (Å²) in [5.41, 5.74) is 5.74. The second-order valence-electron chi connectivity index (χ2n) is 4.52. The first-order chi connectivity index (χ1) is 7.83. The lowest BCUT2D eigenvalue weighted by molar-refractivity contribution is 0.0943. The van der Waals surface area contributed by atoms with Crippen molar-refractivity contribution in [1.29, 1.82) is 0 Å². The van der Waals surface area contributed by atoms with Gasteiger partial charge in [0, 0.05) is 17.1 Å². The van der Waals surface area contributed by atoms with Crippen molar-refractivity contribution >= 4 is 17.5 Å². The van der Waals surface area contributed by atoms with Crippen LogP contribution in [0.2, 0.25) is 5.02 Å². The first-order valence-electron chi connectivity index (χ1n) is 5.24. The van der Waals surface area contributed by atoms with E-state index in [1.807, 2.05) is 13.8 Å². The molecular formula is C12H17ClN2O2. The molecule has 0 heterocycles. The van der Waals surface area contributed by atoms with Gasteiger partial charge in [-0.3, -0.25) is 4.79 Å². The van der Waals surface area contributed by atoms with E-state index in [4.69, 9.17) is 22.1 Å². The molecule has 0 radical (unpaired) electrons. The Balaban J connectivity index is 2.84. The normalized spacial score (nSPS) is 11.1. The summed E-state index contributed by atoms with van der Waals surface area (Å²) in [6.45, 7) is 4.05. The third-order valence-corrected chi connectivity index (χ3v) is 2.35. The second kappa shape index (κ2) is 5.38. The number of methoxy groups -OCH3 is 1. The number of benzene rings is 1. The number of nitrogens with one attached hydrogen (secondary N) is 1. The van der Waals surface area contributed by atoms with E-state index in [1.54, 1.807) is 18.2 Å². The number of rotatable bonds is 4. The van der Waals surface area contributed by atoms with Gasteiger partial charge in [0.1, 0.15) is 5.75 Å². The smallest absolute Gasteiger partial charge is 0.255 e. The molecule has 1 rings (SSSR count). The molecule has 94 valence electrons. The van der Waals surface area contributed by atoms with Gasteiger partial charge in [0.05, 0.1) is 12.7 Å². The summed E-state index contributed by atoms with van der Waals surface area (Å²) in [5.74, 6) is 0.240. The number of halogens is 1. The van der Waals surface area contributed by atoms with Crippen LogP contribution in [0.25, 0.3) is 0 Å². The molecule has 0 aromatic heterocycles. The minimum absolute atomic E-state index is 0.247. The van der Waals surface area contributed by atoms with Crippen LogP contribution in [-0.4, -0.2) is 25.1 Å². The van der Waals surface area contributed by atoms with Gasteiger partial charge < -0.3 is 15.8 Å². The Kier molecular flexibility index (Phi) is 4.37. The Morgan fingerprint density at radius 1 is 1.53 bits per heavy atom. The molecule has 0 atom stereocenters. The van der Waals surface area contributed by atoms with Gasteiger partial charge in [0.25, 0.3) is 5.91 Å². The fourth-order valence-electron chi connectivity index (χ4n) is 1.26. The maximum absolute atomic E-state index is 11.9. The van der Waals surface area contributed by atoms with Crippen molar-refractivity contribution in [1.82, 2.24) is 5.32 Å². The average molecular weight is 257 g/mol. The number of hydrogen-bond donors (Lipinski definition) is 2. The Morgan fingerprint density at radius 3 is 2.71 bits per heavy atom.